The molecule has 0 unspecified atom stereocenters. The molecule has 8 heteroatoms. The number of ketones is 1. The van der Waals surface area contributed by atoms with Gasteiger partial charge in [0.15, 0.2) is 12.4 Å². The molecule has 8 nitrogen and oxygen atoms in total. The van der Waals surface area contributed by atoms with Gasteiger partial charge >= 0.3 is 12.0 Å². The van der Waals surface area contributed by atoms with Crippen molar-refractivity contribution in [3.63, 3.8) is 0 Å². The molecule has 0 saturated heterocycles. The lowest BCUT2D eigenvalue weighted by Crippen LogP contribution is -2.39. The van der Waals surface area contributed by atoms with E-state index in [4.69, 9.17) is 4.74 Å². The number of rotatable bonds is 8. The lowest BCUT2D eigenvalue weighted by molar-refractivity contribution is -0.119. The molecule has 3 N–H and O–H groups in total. The standard InChI is InChI=1S/C22H25N3O5/c1-14(2)24-22(29)23-12-16-8-10-17(11-9-16)21(28)30-13-20(27)25-19-7-5-4-6-18(19)15(3)26/h4-11,14H,12-13H2,1-3H3,(H,25,27)(H2,23,24,29). The van der Waals surface area contributed by atoms with Crippen molar-refractivity contribution in [2.75, 3.05) is 11.9 Å². The van der Waals surface area contributed by atoms with Crippen molar-refractivity contribution in [2.45, 2.75) is 33.4 Å². The predicted molar refractivity (Wildman–Crippen MR) is 112 cm³/mol. The molecule has 2 aromatic rings. The second-order valence-corrected chi connectivity index (χ2v) is 6.90. The minimum atomic E-state index is -0.651. The average molecular weight is 411 g/mol. The van der Waals surface area contributed by atoms with E-state index in [1.54, 1.807) is 48.5 Å². The Hall–Kier alpha value is -3.68. The second kappa shape index (κ2) is 10.8. The molecule has 3 amide bonds. The molecule has 0 aromatic heterocycles. The quantitative estimate of drug-likeness (QED) is 0.457. The Labute approximate surface area is 175 Å². The third-order valence-electron chi connectivity index (χ3n) is 3.98. The number of ether oxygens (including phenoxy) is 1. The summed E-state index contributed by atoms with van der Waals surface area (Å²) in [6.45, 7) is 4.96. The van der Waals surface area contributed by atoms with Crippen molar-refractivity contribution in [2.24, 2.45) is 0 Å². The number of para-hydroxylation sites is 1. The van der Waals surface area contributed by atoms with Gasteiger partial charge in [-0.05, 0) is 50.6 Å². The molecule has 0 spiro atoms. The summed E-state index contributed by atoms with van der Waals surface area (Å²) in [7, 11) is 0. The zero-order chi connectivity index (χ0) is 22.1. The molecule has 0 heterocycles. The first kappa shape index (κ1) is 22.6. The first-order chi connectivity index (χ1) is 14.3. The molecule has 0 atom stereocenters. The maximum absolute atomic E-state index is 12.1. The van der Waals surface area contributed by atoms with Gasteiger partial charge in [-0.1, -0.05) is 24.3 Å². The van der Waals surface area contributed by atoms with Crippen LogP contribution in [0.25, 0.3) is 0 Å². The first-order valence-corrected chi connectivity index (χ1v) is 9.46. The number of urea groups is 1. The molecule has 0 fully saturated rings. The summed E-state index contributed by atoms with van der Waals surface area (Å²) in [5, 5.41) is 7.99. The van der Waals surface area contributed by atoms with E-state index in [0.29, 0.717) is 17.8 Å². The Balaban J connectivity index is 1.84. The van der Waals surface area contributed by atoms with Gasteiger partial charge in [-0.15, -0.1) is 0 Å². The Bertz CT molecular complexity index is 923. The first-order valence-electron chi connectivity index (χ1n) is 9.46. The van der Waals surface area contributed by atoms with Gasteiger partial charge in [0.25, 0.3) is 5.91 Å². The van der Waals surface area contributed by atoms with Crippen molar-refractivity contribution in [1.82, 2.24) is 10.6 Å². The van der Waals surface area contributed by atoms with Gasteiger partial charge in [0.2, 0.25) is 0 Å². The minimum absolute atomic E-state index is 0.0373. The number of carbonyl (C=O) groups excluding carboxylic acids is 4. The lowest BCUT2D eigenvalue weighted by Gasteiger charge is -2.11. The predicted octanol–water partition coefficient (Wildman–Crippen LogP) is 2.89. The normalized spacial score (nSPS) is 10.3. The van der Waals surface area contributed by atoms with Crippen LogP contribution in [-0.2, 0) is 16.1 Å². The lowest BCUT2D eigenvalue weighted by atomic mass is 10.1. The highest BCUT2D eigenvalue weighted by Crippen LogP contribution is 2.15. The summed E-state index contributed by atoms with van der Waals surface area (Å²) in [5.74, 6) is -1.38. The maximum atomic E-state index is 12.1. The highest BCUT2D eigenvalue weighted by atomic mass is 16.5. The molecule has 0 aliphatic rings. The van der Waals surface area contributed by atoms with Crippen LogP contribution < -0.4 is 16.0 Å². The van der Waals surface area contributed by atoms with Gasteiger partial charge in [0.1, 0.15) is 0 Å². The van der Waals surface area contributed by atoms with Gasteiger partial charge in [0, 0.05) is 18.2 Å². The Morgan fingerprint density at radius 1 is 0.967 bits per heavy atom. The van der Waals surface area contributed by atoms with Crippen LogP contribution in [-0.4, -0.2) is 36.3 Å². The summed E-state index contributed by atoms with van der Waals surface area (Å²) >= 11 is 0. The Morgan fingerprint density at radius 3 is 2.27 bits per heavy atom. The van der Waals surface area contributed by atoms with E-state index in [9.17, 15) is 19.2 Å². The highest BCUT2D eigenvalue weighted by molar-refractivity contribution is 6.04. The topological polar surface area (TPSA) is 114 Å². The number of carbonyl (C=O) groups is 4. The van der Waals surface area contributed by atoms with Crippen molar-refractivity contribution in [3.8, 4) is 0 Å². The molecule has 158 valence electrons. The van der Waals surface area contributed by atoms with Crippen LogP contribution in [0.4, 0.5) is 10.5 Å². The Morgan fingerprint density at radius 2 is 1.63 bits per heavy atom. The molecule has 0 aliphatic carbocycles. The average Bonchev–Trinajstić information content (AvgIpc) is 2.70. The molecule has 2 rings (SSSR count). The zero-order valence-electron chi connectivity index (χ0n) is 17.2. The number of anilines is 1. The smallest absolute Gasteiger partial charge is 0.338 e. The number of benzene rings is 2. The van der Waals surface area contributed by atoms with Crippen LogP contribution in [0.2, 0.25) is 0 Å². The van der Waals surface area contributed by atoms with Gasteiger partial charge < -0.3 is 20.7 Å². The summed E-state index contributed by atoms with van der Waals surface area (Å²) in [6.07, 6.45) is 0. The number of esters is 1. The van der Waals surface area contributed by atoms with E-state index >= 15 is 0 Å². The number of hydrogen-bond donors (Lipinski definition) is 3. The maximum Gasteiger partial charge on any atom is 0.338 e. The van der Waals surface area contributed by atoms with Crippen LogP contribution >= 0.6 is 0 Å². The van der Waals surface area contributed by atoms with E-state index in [0.717, 1.165) is 5.56 Å². The molecule has 0 saturated carbocycles. The van der Waals surface area contributed by atoms with E-state index in [1.165, 1.54) is 6.92 Å². The van der Waals surface area contributed by atoms with Crippen LogP contribution in [0, 0.1) is 0 Å². The fourth-order valence-corrected chi connectivity index (χ4v) is 2.55. The van der Waals surface area contributed by atoms with E-state index in [-0.39, 0.29) is 23.4 Å². The zero-order valence-corrected chi connectivity index (χ0v) is 17.2. The largest absolute Gasteiger partial charge is 0.452 e. The highest BCUT2D eigenvalue weighted by Gasteiger charge is 2.13. The third-order valence-corrected chi connectivity index (χ3v) is 3.98. The number of Topliss-reactive ketones (excluding diaryl/α,β-unsaturated/α-hetero) is 1. The fourth-order valence-electron chi connectivity index (χ4n) is 2.55. The Kier molecular flexibility index (Phi) is 8.10. The van der Waals surface area contributed by atoms with Crippen molar-refractivity contribution in [3.05, 3.63) is 65.2 Å². The molecule has 2 aromatic carbocycles. The monoisotopic (exact) mass is 411 g/mol. The number of hydrogen-bond acceptors (Lipinski definition) is 5. The molecule has 0 radical (unpaired) electrons. The molecule has 0 bridgehead atoms. The van der Waals surface area contributed by atoms with Gasteiger partial charge in [-0.25, -0.2) is 9.59 Å². The summed E-state index contributed by atoms with van der Waals surface area (Å²) in [4.78, 5) is 47.4. The fraction of sp³-hybridized carbons (Fsp3) is 0.273. The van der Waals surface area contributed by atoms with Gasteiger partial charge in [-0.2, -0.15) is 0 Å². The number of nitrogens with one attached hydrogen (secondary N) is 3. The van der Waals surface area contributed by atoms with Crippen molar-refractivity contribution >= 4 is 29.4 Å². The minimum Gasteiger partial charge on any atom is -0.452 e. The molecular formula is C22H25N3O5. The molecular weight excluding hydrogens is 386 g/mol. The van der Waals surface area contributed by atoms with Gasteiger partial charge in [-0.3, -0.25) is 9.59 Å². The van der Waals surface area contributed by atoms with Crippen molar-refractivity contribution in [1.29, 1.82) is 0 Å². The van der Waals surface area contributed by atoms with Crippen LogP contribution in [0.1, 0.15) is 47.1 Å². The summed E-state index contributed by atoms with van der Waals surface area (Å²) in [6, 6.07) is 12.9. The molecule has 30 heavy (non-hydrogen) atoms. The van der Waals surface area contributed by atoms with E-state index < -0.39 is 18.5 Å². The van der Waals surface area contributed by atoms with Crippen LogP contribution in [0.15, 0.2) is 48.5 Å². The van der Waals surface area contributed by atoms with Gasteiger partial charge in [0.05, 0.1) is 11.3 Å². The third kappa shape index (κ3) is 7.05. The van der Waals surface area contributed by atoms with E-state index in [2.05, 4.69) is 16.0 Å². The van der Waals surface area contributed by atoms with Crippen LogP contribution in [0.5, 0.6) is 0 Å². The molecule has 0 aliphatic heterocycles. The summed E-state index contributed by atoms with van der Waals surface area (Å²) in [5.41, 5.74) is 1.83. The SMILES string of the molecule is CC(=O)c1ccccc1NC(=O)COC(=O)c1ccc(CNC(=O)NC(C)C)cc1. The van der Waals surface area contributed by atoms with Crippen LogP contribution in [0.3, 0.4) is 0 Å². The van der Waals surface area contributed by atoms with Crippen molar-refractivity contribution < 1.29 is 23.9 Å². The van der Waals surface area contributed by atoms with E-state index in [1.807, 2.05) is 13.8 Å². The second-order valence-electron chi connectivity index (χ2n) is 6.90. The summed E-state index contributed by atoms with van der Waals surface area (Å²) < 4.78 is 5.03. The number of amides is 3.